The molecular weight excluding hydrogens is 258 g/mol. The van der Waals surface area contributed by atoms with Crippen molar-refractivity contribution in [3.05, 3.63) is 18.2 Å². The maximum absolute atomic E-state index is 12.1. The summed E-state index contributed by atoms with van der Waals surface area (Å²) >= 11 is 0. The second kappa shape index (κ2) is 5.61. The molecule has 5 heteroatoms. The summed E-state index contributed by atoms with van der Waals surface area (Å²) in [5.41, 5.74) is 0. The van der Waals surface area contributed by atoms with Crippen LogP contribution in [0, 0.1) is 5.92 Å². The SMILES string of the molecule is C[C@H]1CCCN(C(=O)COc2ccc3c(c2)OCO3)C1. The molecule has 0 unspecified atom stereocenters. The summed E-state index contributed by atoms with van der Waals surface area (Å²) < 4.78 is 16.1. The Labute approximate surface area is 118 Å². The minimum absolute atomic E-state index is 0.0502. The Hall–Kier alpha value is -1.91. The lowest BCUT2D eigenvalue weighted by Crippen LogP contribution is -2.41. The van der Waals surface area contributed by atoms with Gasteiger partial charge in [0.05, 0.1) is 0 Å². The third-order valence-corrected chi connectivity index (χ3v) is 3.72. The largest absolute Gasteiger partial charge is 0.484 e. The molecule has 0 bridgehead atoms. The van der Waals surface area contributed by atoms with Crippen molar-refractivity contribution in [3.8, 4) is 17.2 Å². The first-order valence-electron chi connectivity index (χ1n) is 7.02. The van der Waals surface area contributed by atoms with Gasteiger partial charge >= 0.3 is 0 Å². The number of hydrogen-bond acceptors (Lipinski definition) is 4. The van der Waals surface area contributed by atoms with Crippen LogP contribution in [0.1, 0.15) is 19.8 Å². The lowest BCUT2D eigenvalue weighted by atomic mass is 10.0. The number of piperidine rings is 1. The van der Waals surface area contributed by atoms with Crippen LogP contribution < -0.4 is 14.2 Å². The van der Waals surface area contributed by atoms with Crippen molar-refractivity contribution in [2.75, 3.05) is 26.5 Å². The first-order chi connectivity index (χ1) is 9.72. The van der Waals surface area contributed by atoms with Crippen LogP contribution >= 0.6 is 0 Å². The third-order valence-electron chi connectivity index (χ3n) is 3.72. The first kappa shape index (κ1) is 13.1. The van der Waals surface area contributed by atoms with Crippen molar-refractivity contribution >= 4 is 5.91 Å². The number of carbonyl (C=O) groups is 1. The maximum Gasteiger partial charge on any atom is 0.260 e. The van der Waals surface area contributed by atoms with E-state index >= 15 is 0 Å². The Bertz CT molecular complexity index is 503. The Balaban J connectivity index is 1.55. The van der Waals surface area contributed by atoms with Gasteiger partial charge in [-0.2, -0.15) is 0 Å². The molecule has 5 nitrogen and oxygen atoms in total. The van der Waals surface area contributed by atoms with E-state index in [4.69, 9.17) is 14.2 Å². The average molecular weight is 277 g/mol. The minimum atomic E-state index is 0.0502. The van der Waals surface area contributed by atoms with Crippen LogP contribution in [-0.4, -0.2) is 37.3 Å². The van der Waals surface area contributed by atoms with Gasteiger partial charge in [-0.15, -0.1) is 0 Å². The van der Waals surface area contributed by atoms with Crippen molar-refractivity contribution in [2.45, 2.75) is 19.8 Å². The molecule has 2 aliphatic rings. The van der Waals surface area contributed by atoms with Crippen LogP contribution in [0.4, 0.5) is 0 Å². The summed E-state index contributed by atoms with van der Waals surface area (Å²) in [5.74, 6) is 2.65. The predicted molar refractivity (Wildman–Crippen MR) is 73.0 cm³/mol. The Morgan fingerprint density at radius 1 is 1.40 bits per heavy atom. The smallest absolute Gasteiger partial charge is 0.260 e. The second-order valence-corrected chi connectivity index (χ2v) is 5.39. The number of benzene rings is 1. The lowest BCUT2D eigenvalue weighted by molar-refractivity contribution is -0.135. The molecule has 20 heavy (non-hydrogen) atoms. The molecule has 0 N–H and O–H groups in total. The van der Waals surface area contributed by atoms with Gasteiger partial charge in [0.15, 0.2) is 18.1 Å². The Morgan fingerprint density at radius 3 is 3.10 bits per heavy atom. The molecule has 108 valence electrons. The summed E-state index contributed by atoms with van der Waals surface area (Å²) in [6.07, 6.45) is 2.28. The van der Waals surface area contributed by atoms with E-state index in [1.807, 2.05) is 4.90 Å². The zero-order valence-corrected chi connectivity index (χ0v) is 11.6. The van der Waals surface area contributed by atoms with E-state index in [0.717, 1.165) is 19.5 Å². The number of hydrogen-bond donors (Lipinski definition) is 0. The van der Waals surface area contributed by atoms with Crippen LogP contribution in [-0.2, 0) is 4.79 Å². The molecular formula is C15H19NO4. The number of amides is 1. The molecule has 1 aromatic rings. The fourth-order valence-corrected chi connectivity index (χ4v) is 2.62. The van der Waals surface area contributed by atoms with Gasteiger partial charge in [-0.1, -0.05) is 6.92 Å². The van der Waals surface area contributed by atoms with Gasteiger partial charge in [0.2, 0.25) is 6.79 Å². The average Bonchev–Trinajstić information content (AvgIpc) is 2.92. The fourth-order valence-electron chi connectivity index (χ4n) is 2.62. The normalized spacial score (nSPS) is 20.9. The molecule has 0 aromatic heterocycles. The molecule has 2 heterocycles. The van der Waals surface area contributed by atoms with E-state index in [0.29, 0.717) is 23.2 Å². The van der Waals surface area contributed by atoms with Gasteiger partial charge in [-0.3, -0.25) is 4.79 Å². The topological polar surface area (TPSA) is 48.0 Å². The van der Waals surface area contributed by atoms with Crippen molar-refractivity contribution in [3.63, 3.8) is 0 Å². The van der Waals surface area contributed by atoms with Crippen molar-refractivity contribution in [2.24, 2.45) is 5.92 Å². The van der Waals surface area contributed by atoms with Crippen LogP contribution in [0.3, 0.4) is 0 Å². The second-order valence-electron chi connectivity index (χ2n) is 5.39. The minimum Gasteiger partial charge on any atom is -0.484 e. The molecule has 1 amide bonds. The number of ether oxygens (including phenoxy) is 3. The van der Waals surface area contributed by atoms with E-state index in [9.17, 15) is 4.79 Å². The standard InChI is InChI=1S/C15H19NO4/c1-11-3-2-6-16(8-11)15(17)9-18-12-4-5-13-14(7-12)20-10-19-13/h4-5,7,11H,2-3,6,8-10H2,1H3/t11-/m0/s1. The monoisotopic (exact) mass is 277 g/mol. The van der Waals surface area contributed by atoms with Gasteiger partial charge in [-0.25, -0.2) is 0 Å². The van der Waals surface area contributed by atoms with Gasteiger partial charge in [0, 0.05) is 19.2 Å². The number of fused-ring (bicyclic) bond motifs is 1. The molecule has 3 rings (SSSR count). The molecule has 0 saturated carbocycles. The summed E-state index contributed by atoms with van der Waals surface area (Å²) in [6, 6.07) is 5.35. The van der Waals surface area contributed by atoms with Crippen molar-refractivity contribution in [1.29, 1.82) is 0 Å². The highest BCUT2D eigenvalue weighted by atomic mass is 16.7. The van der Waals surface area contributed by atoms with Gasteiger partial charge < -0.3 is 19.1 Å². The van der Waals surface area contributed by atoms with Gasteiger partial charge in [0.25, 0.3) is 5.91 Å². The zero-order valence-electron chi connectivity index (χ0n) is 11.6. The summed E-state index contributed by atoms with van der Waals surface area (Å²) in [6.45, 7) is 4.17. The van der Waals surface area contributed by atoms with Crippen LogP contribution in [0.5, 0.6) is 17.2 Å². The number of rotatable bonds is 3. The molecule has 2 aliphatic heterocycles. The maximum atomic E-state index is 12.1. The summed E-state index contributed by atoms with van der Waals surface area (Å²) in [7, 11) is 0. The van der Waals surface area contributed by atoms with Gasteiger partial charge in [-0.05, 0) is 30.9 Å². The lowest BCUT2D eigenvalue weighted by Gasteiger charge is -2.30. The molecule has 0 spiro atoms. The molecule has 1 atom stereocenters. The Kier molecular flexibility index (Phi) is 3.67. The quantitative estimate of drug-likeness (QED) is 0.848. The van der Waals surface area contributed by atoms with E-state index < -0.39 is 0 Å². The molecule has 1 fully saturated rings. The molecule has 0 radical (unpaired) electrons. The van der Waals surface area contributed by atoms with Crippen molar-refractivity contribution < 1.29 is 19.0 Å². The first-order valence-corrected chi connectivity index (χ1v) is 7.02. The predicted octanol–water partition coefficient (Wildman–Crippen LogP) is 2.05. The Morgan fingerprint density at radius 2 is 2.25 bits per heavy atom. The number of nitrogens with zero attached hydrogens (tertiary/aromatic N) is 1. The molecule has 1 saturated heterocycles. The van der Waals surface area contributed by atoms with E-state index in [1.165, 1.54) is 6.42 Å². The molecule has 1 aromatic carbocycles. The van der Waals surface area contributed by atoms with Crippen LogP contribution in [0.15, 0.2) is 18.2 Å². The highest BCUT2D eigenvalue weighted by Gasteiger charge is 2.21. The van der Waals surface area contributed by atoms with E-state index in [2.05, 4.69) is 6.92 Å². The highest BCUT2D eigenvalue weighted by Crippen LogP contribution is 2.35. The van der Waals surface area contributed by atoms with Crippen LogP contribution in [0.2, 0.25) is 0 Å². The highest BCUT2D eigenvalue weighted by molar-refractivity contribution is 5.77. The third kappa shape index (κ3) is 2.81. The van der Waals surface area contributed by atoms with E-state index in [-0.39, 0.29) is 19.3 Å². The van der Waals surface area contributed by atoms with Crippen LogP contribution in [0.25, 0.3) is 0 Å². The van der Waals surface area contributed by atoms with Crippen molar-refractivity contribution in [1.82, 2.24) is 4.90 Å². The summed E-state index contributed by atoms with van der Waals surface area (Å²) in [4.78, 5) is 14.0. The molecule has 0 aliphatic carbocycles. The van der Waals surface area contributed by atoms with E-state index in [1.54, 1.807) is 18.2 Å². The number of carbonyl (C=O) groups excluding carboxylic acids is 1. The zero-order chi connectivity index (χ0) is 13.9. The number of likely N-dealkylation sites (tertiary alicyclic amines) is 1. The summed E-state index contributed by atoms with van der Waals surface area (Å²) in [5, 5.41) is 0. The van der Waals surface area contributed by atoms with Gasteiger partial charge in [0.1, 0.15) is 5.75 Å². The fraction of sp³-hybridized carbons (Fsp3) is 0.533.